The molecule has 0 aliphatic heterocycles. The Morgan fingerprint density at radius 2 is 2.00 bits per heavy atom. The molecule has 2 aliphatic carbocycles. The molecular weight excluding hydrogens is 134 g/mol. The summed E-state index contributed by atoms with van der Waals surface area (Å²) in [5.41, 5.74) is 9.77. The Morgan fingerprint density at radius 3 is 2.91 bits per heavy atom. The average molecular weight is 147 g/mol. The Hall–Kier alpha value is -0.980. The molecular formula is C10H13N. The summed E-state index contributed by atoms with van der Waals surface area (Å²) in [7, 11) is 0. The van der Waals surface area contributed by atoms with Crippen LogP contribution in [0.2, 0.25) is 0 Å². The predicted octanol–water partition coefficient (Wildman–Crippen LogP) is 2.27. The fourth-order valence-electron chi connectivity index (χ4n) is 1.72. The van der Waals surface area contributed by atoms with E-state index in [1.54, 1.807) is 0 Å². The van der Waals surface area contributed by atoms with Crippen molar-refractivity contribution < 1.29 is 0 Å². The van der Waals surface area contributed by atoms with Gasteiger partial charge in [0.2, 0.25) is 0 Å². The minimum Gasteiger partial charge on any atom is -0.402 e. The molecule has 0 unspecified atom stereocenters. The van der Waals surface area contributed by atoms with Gasteiger partial charge in [0.1, 0.15) is 0 Å². The summed E-state index contributed by atoms with van der Waals surface area (Å²) in [5, 5.41) is 0. The number of nitrogens with two attached hydrogens (primary N) is 1. The van der Waals surface area contributed by atoms with Gasteiger partial charge in [0.05, 0.1) is 0 Å². The third-order valence-electron chi connectivity index (χ3n) is 2.35. The van der Waals surface area contributed by atoms with Crippen molar-refractivity contribution in [1.82, 2.24) is 0 Å². The van der Waals surface area contributed by atoms with E-state index >= 15 is 0 Å². The first-order chi connectivity index (χ1) is 5.36. The highest BCUT2D eigenvalue weighted by Crippen LogP contribution is 2.28. The largest absolute Gasteiger partial charge is 0.402 e. The third kappa shape index (κ3) is 1.23. The van der Waals surface area contributed by atoms with E-state index in [1.807, 2.05) is 0 Å². The molecule has 58 valence electrons. The minimum absolute atomic E-state index is 1.04. The van der Waals surface area contributed by atoms with Crippen molar-refractivity contribution in [3.8, 4) is 0 Å². The lowest BCUT2D eigenvalue weighted by Crippen LogP contribution is -2.06. The van der Waals surface area contributed by atoms with E-state index in [2.05, 4.69) is 18.2 Å². The van der Waals surface area contributed by atoms with E-state index in [1.165, 1.54) is 24.0 Å². The van der Waals surface area contributed by atoms with Crippen LogP contribution in [0.4, 0.5) is 0 Å². The Morgan fingerprint density at radius 1 is 1.09 bits per heavy atom. The van der Waals surface area contributed by atoms with Gasteiger partial charge in [-0.15, -0.1) is 0 Å². The van der Waals surface area contributed by atoms with E-state index in [0.717, 1.165) is 18.5 Å². The van der Waals surface area contributed by atoms with Crippen molar-refractivity contribution >= 4 is 0 Å². The van der Waals surface area contributed by atoms with Crippen molar-refractivity contribution in [3.63, 3.8) is 0 Å². The Labute approximate surface area is 67.3 Å². The van der Waals surface area contributed by atoms with Gasteiger partial charge in [-0.1, -0.05) is 12.2 Å². The molecule has 0 saturated heterocycles. The van der Waals surface area contributed by atoms with Crippen LogP contribution in [0.15, 0.2) is 35.1 Å². The first kappa shape index (κ1) is 6.71. The molecule has 0 bridgehead atoms. The zero-order valence-corrected chi connectivity index (χ0v) is 6.64. The fourth-order valence-corrected chi connectivity index (χ4v) is 1.72. The minimum atomic E-state index is 1.04. The summed E-state index contributed by atoms with van der Waals surface area (Å²) in [6, 6.07) is 0. The predicted molar refractivity (Wildman–Crippen MR) is 46.9 cm³/mol. The fraction of sp³-hybridized carbons (Fsp3) is 0.400. The molecule has 0 amide bonds. The first-order valence-corrected chi connectivity index (χ1v) is 4.21. The number of allylic oxidation sites excluding steroid dienone is 6. The molecule has 0 radical (unpaired) electrons. The zero-order valence-electron chi connectivity index (χ0n) is 6.64. The van der Waals surface area contributed by atoms with E-state index in [0.29, 0.717) is 0 Å². The molecule has 11 heavy (non-hydrogen) atoms. The van der Waals surface area contributed by atoms with Crippen molar-refractivity contribution in [1.29, 1.82) is 0 Å². The molecule has 0 heterocycles. The normalized spacial score (nSPS) is 23.1. The Kier molecular flexibility index (Phi) is 1.57. The Balaban J connectivity index is 2.33. The quantitative estimate of drug-likeness (QED) is 0.559. The number of hydrogen-bond donors (Lipinski definition) is 1. The summed E-state index contributed by atoms with van der Waals surface area (Å²) >= 11 is 0. The first-order valence-electron chi connectivity index (χ1n) is 4.21. The van der Waals surface area contributed by atoms with Crippen LogP contribution in [0, 0.1) is 0 Å². The van der Waals surface area contributed by atoms with E-state index in [4.69, 9.17) is 5.73 Å². The summed E-state index contributed by atoms with van der Waals surface area (Å²) in [5.74, 6) is 0. The summed E-state index contributed by atoms with van der Waals surface area (Å²) in [4.78, 5) is 0. The van der Waals surface area contributed by atoms with Crippen LogP contribution in [0.3, 0.4) is 0 Å². The van der Waals surface area contributed by atoms with Crippen LogP contribution >= 0.6 is 0 Å². The molecule has 0 saturated carbocycles. The van der Waals surface area contributed by atoms with Crippen molar-refractivity contribution in [2.75, 3.05) is 0 Å². The lowest BCUT2D eigenvalue weighted by atomic mass is 9.89. The standard InChI is InChI=1S/C10H13N/c11-10-6-5-8-3-1-2-4-9(8)7-10/h1,3,7H,2,4-6,11H2. The molecule has 1 heteroatoms. The van der Waals surface area contributed by atoms with Gasteiger partial charge in [-0.3, -0.25) is 0 Å². The van der Waals surface area contributed by atoms with Crippen LogP contribution in [0.1, 0.15) is 25.7 Å². The monoisotopic (exact) mass is 147 g/mol. The van der Waals surface area contributed by atoms with E-state index in [-0.39, 0.29) is 0 Å². The van der Waals surface area contributed by atoms with Gasteiger partial charge in [-0.05, 0) is 42.9 Å². The maximum Gasteiger partial charge on any atom is 0.00866 e. The molecule has 0 fully saturated rings. The van der Waals surface area contributed by atoms with Gasteiger partial charge in [0.25, 0.3) is 0 Å². The van der Waals surface area contributed by atoms with Gasteiger partial charge in [-0.2, -0.15) is 0 Å². The van der Waals surface area contributed by atoms with Crippen LogP contribution < -0.4 is 5.73 Å². The average Bonchev–Trinajstić information content (AvgIpc) is 2.04. The highest BCUT2D eigenvalue weighted by atomic mass is 14.6. The van der Waals surface area contributed by atoms with Crippen LogP contribution in [0.25, 0.3) is 0 Å². The number of rotatable bonds is 0. The molecule has 0 atom stereocenters. The van der Waals surface area contributed by atoms with Gasteiger partial charge >= 0.3 is 0 Å². The number of hydrogen-bond acceptors (Lipinski definition) is 1. The van der Waals surface area contributed by atoms with Crippen molar-refractivity contribution in [3.05, 3.63) is 35.1 Å². The second-order valence-electron chi connectivity index (χ2n) is 3.21. The summed E-state index contributed by atoms with van der Waals surface area (Å²) < 4.78 is 0. The molecule has 2 aliphatic rings. The maximum atomic E-state index is 5.74. The topological polar surface area (TPSA) is 26.0 Å². The third-order valence-corrected chi connectivity index (χ3v) is 2.35. The molecule has 0 aromatic rings. The highest BCUT2D eigenvalue weighted by molar-refractivity contribution is 5.40. The molecule has 0 spiro atoms. The van der Waals surface area contributed by atoms with Crippen LogP contribution in [0.5, 0.6) is 0 Å². The maximum absolute atomic E-state index is 5.74. The second kappa shape index (κ2) is 2.57. The van der Waals surface area contributed by atoms with Gasteiger partial charge < -0.3 is 5.73 Å². The van der Waals surface area contributed by atoms with Gasteiger partial charge in [0, 0.05) is 5.70 Å². The SMILES string of the molecule is NC1=CC2=C(C=CCC2)CC1. The summed E-state index contributed by atoms with van der Waals surface area (Å²) in [6.45, 7) is 0. The van der Waals surface area contributed by atoms with Crippen LogP contribution in [-0.2, 0) is 0 Å². The molecule has 2 rings (SSSR count). The highest BCUT2D eigenvalue weighted by Gasteiger charge is 2.11. The lowest BCUT2D eigenvalue weighted by Gasteiger charge is -2.18. The molecule has 0 aromatic heterocycles. The second-order valence-corrected chi connectivity index (χ2v) is 3.21. The molecule has 1 nitrogen and oxygen atoms in total. The van der Waals surface area contributed by atoms with Gasteiger partial charge in [0.15, 0.2) is 0 Å². The Bertz CT molecular complexity index is 256. The van der Waals surface area contributed by atoms with Gasteiger partial charge in [-0.25, -0.2) is 0 Å². The van der Waals surface area contributed by atoms with E-state index in [9.17, 15) is 0 Å². The van der Waals surface area contributed by atoms with E-state index < -0.39 is 0 Å². The molecule has 2 N–H and O–H groups in total. The lowest BCUT2D eigenvalue weighted by molar-refractivity contribution is 0.843. The van der Waals surface area contributed by atoms with Crippen molar-refractivity contribution in [2.24, 2.45) is 5.73 Å². The summed E-state index contributed by atoms with van der Waals surface area (Å²) in [6.07, 6.45) is 11.2. The van der Waals surface area contributed by atoms with Crippen LogP contribution in [-0.4, -0.2) is 0 Å². The zero-order chi connectivity index (χ0) is 7.68. The smallest absolute Gasteiger partial charge is 0.00866 e. The molecule has 0 aromatic carbocycles. The van der Waals surface area contributed by atoms with Crippen molar-refractivity contribution in [2.45, 2.75) is 25.7 Å².